The molecule has 2 amide bonds. The lowest BCUT2D eigenvalue weighted by Gasteiger charge is -2.25. The van der Waals surface area contributed by atoms with Crippen LogP contribution < -0.4 is 20.9 Å². The Morgan fingerprint density at radius 1 is 0.871 bits per heavy atom. The van der Waals surface area contributed by atoms with E-state index in [9.17, 15) is 9.59 Å². The van der Waals surface area contributed by atoms with Gasteiger partial charge in [-0.3, -0.25) is 19.6 Å². The molecule has 1 atom stereocenters. The van der Waals surface area contributed by atoms with Crippen LogP contribution in [0.15, 0.2) is 94.9 Å². The maximum atomic E-state index is 13.3. The van der Waals surface area contributed by atoms with Crippen molar-refractivity contribution >= 4 is 17.5 Å². The highest BCUT2D eigenvalue weighted by Crippen LogP contribution is 2.14. The fourth-order valence-corrected chi connectivity index (χ4v) is 3.61. The van der Waals surface area contributed by atoms with Crippen molar-refractivity contribution in [1.82, 2.24) is 5.32 Å². The molecule has 1 aliphatic rings. The van der Waals surface area contributed by atoms with Gasteiger partial charge in [0.25, 0.3) is 0 Å². The second kappa shape index (κ2) is 9.34. The van der Waals surface area contributed by atoms with Crippen LogP contribution in [0.3, 0.4) is 0 Å². The van der Waals surface area contributed by atoms with Crippen molar-refractivity contribution in [3.63, 3.8) is 0 Å². The zero-order valence-corrected chi connectivity index (χ0v) is 17.3. The van der Waals surface area contributed by atoms with Crippen molar-refractivity contribution in [2.75, 3.05) is 11.9 Å². The maximum absolute atomic E-state index is 13.3. The SMILES string of the molecule is CN(C(=O)[C@H](Cc1ccccc1)NC(=O)CC1N=c2ccccc2=N1)c1ccccc1. The molecular weight excluding hydrogens is 388 g/mol. The lowest BCUT2D eigenvalue weighted by molar-refractivity contribution is -0.127. The molecule has 0 saturated heterocycles. The molecule has 3 aromatic carbocycles. The van der Waals surface area contributed by atoms with Crippen molar-refractivity contribution in [3.05, 3.63) is 101 Å². The Morgan fingerprint density at radius 2 is 1.42 bits per heavy atom. The summed E-state index contributed by atoms with van der Waals surface area (Å²) in [5, 5.41) is 4.50. The van der Waals surface area contributed by atoms with Gasteiger partial charge < -0.3 is 10.2 Å². The number of carbonyl (C=O) groups is 2. The summed E-state index contributed by atoms with van der Waals surface area (Å²) in [6.45, 7) is 0. The fraction of sp³-hybridized carbons (Fsp3) is 0.200. The zero-order valence-electron chi connectivity index (χ0n) is 17.3. The number of nitrogens with zero attached hydrogens (tertiary/aromatic N) is 3. The number of nitrogens with one attached hydrogen (secondary N) is 1. The van der Waals surface area contributed by atoms with Gasteiger partial charge in [-0.1, -0.05) is 60.7 Å². The molecule has 0 saturated carbocycles. The van der Waals surface area contributed by atoms with Crippen LogP contribution in [0.4, 0.5) is 5.69 Å². The molecule has 31 heavy (non-hydrogen) atoms. The van der Waals surface area contributed by atoms with Gasteiger partial charge >= 0.3 is 0 Å². The summed E-state index contributed by atoms with van der Waals surface area (Å²) >= 11 is 0. The average Bonchev–Trinajstić information content (AvgIpc) is 3.21. The van der Waals surface area contributed by atoms with E-state index in [4.69, 9.17) is 0 Å². The Kier molecular flexibility index (Phi) is 6.17. The van der Waals surface area contributed by atoms with Gasteiger partial charge in [-0.05, 0) is 29.8 Å². The van der Waals surface area contributed by atoms with E-state index in [1.807, 2.05) is 84.9 Å². The molecule has 1 aliphatic heterocycles. The summed E-state index contributed by atoms with van der Waals surface area (Å²) in [6, 6.07) is 25.9. The minimum Gasteiger partial charge on any atom is -0.344 e. The molecule has 0 aliphatic carbocycles. The summed E-state index contributed by atoms with van der Waals surface area (Å²) in [6.07, 6.45) is 0.0427. The quantitative estimate of drug-likeness (QED) is 0.645. The molecule has 3 aromatic rings. The number of amides is 2. The van der Waals surface area contributed by atoms with E-state index < -0.39 is 12.2 Å². The first-order valence-corrected chi connectivity index (χ1v) is 10.3. The maximum Gasteiger partial charge on any atom is 0.249 e. The van der Waals surface area contributed by atoms with E-state index in [1.54, 1.807) is 11.9 Å². The van der Waals surface area contributed by atoms with Crippen LogP contribution in [0, 0.1) is 0 Å². The number of anilines is 1. The van der Waals surface area contributed by atoms with Crippen LogP contribution in [0.25, 0.3) is 0 Å². The number of hydrogen-bond donors (Lipinski definition) is 1. The van der Waals surface area contributed by atoms with Crippen LogP contribution in [0.2, 0.25) is 0 Å². The normalized spacial score (nSPS) is 13.5. The monoisotopic (exact) mass is 412 g/mol. The van der Waals surface area contributed by atoms with Crippen molar-refractivity contribution in [1.29, 1.82) is 0 Å². The number of para-hydroxylation sites is 3. The Balaban J connectivity index is 1.49. The minimum absolute atomic E-state index is 0.0995. The molecule has 6 nitrogen and oxygen atoms in total. The third kappa shape index (κ3) is 5.04. The number of fused-ring (bicyclic) bond motifs is 1. The molecule has 0 fully saturated rings. The lowest BCUT2D eigenvalue weighted by atomic mass is 10.0. The Hall–Kier alpha value is -3.80. The highest BCUT2D eigenvalue weighted by atomic mass is 16.2. The van der Waals surface area contributed by atoms with Crippen LogP contribution in [0.1, 0.15) is 12.0 Å². The van der Waals surface area contributed by atoms with E-state index in [0.29, 0.717) is 6.42 Å². The fourth-order valence-electron chi connectivity index (χ4n) is 3.61. The predicted octanol–water partition coefficient (Wildman–Crippen LogP) is 2.05. The summed E-state index contributed by atoms with van der Waals surface area (Å²) in [4.78, 5) is 36.6. The number of rotatable bonds is 7. The smallest absolute Gasteiger partial charge is 0.249 e. The van der Waals surface area contributed by atoms with E-state index in [1.165, 1.54) is 0 Å². The van der Waals surface area contributed by atoms with Crippen LogP contribution >= 0.6 is 0 Å². The van der Waals surface area contributed by atoms with Gasteiger partial charge in [0.05, 0.1) is 17.1 Å². The minimum atomic E-state index is -0.691. The lowest BCUT2D eigenvalue weighted by Crippen LogP contribution is -2.49. The first-order valence-electron chi connectivity index (χ1n) is 10.3. The van der Waals surface area contributed by atoms with Gasteiger partial charge in [0.15, 0.2) is 0 Å². The number of carbonyl (C=O) groups excluding carboxylic acids is 2. The highest BCUT2D eigenvalue weighted by Gasteiger charge is 2.26. The van der Waals surface area contributed by atoms with Gasteiger partial charge in [0.1, 0.15) is 12.2 Å². The second-order valence-corrected chi connectivity index (χ2v) is 7.47. The summed E-state index contributed by atoms with van der Waals surface area (Å²) < 4.78 is 0. The van der Waals surface area contributed by atoms with Crippen molar-refractivity contribution in [2.24, 2.45) is 9.98 Å². The van der Waals surface area contributed by atoms with E-state index in [0.717, 1.165) is 22.0 Å². The molecule has 1 N–H and O–H groups in total. The third-order valence-electron chi connectivity index (χ3n) is 5.22. The topological polar surface area (TPSA) is 74.1 Å². The van der Waals surface area contributed by atoms with Gasteiger partial charge in [0, 0.05) is 19.2 Å². The molecule has 1 heterocycles. The number of benzene rings is 3. The summed E-state index contributed by atoms with van der Waals surface area (Å²) in [5.74, 6) is -0.423. The first-order chi connectivity index (χ1) is 15.1. The number of hydrogen-bond acceptors (Lipinski definition) is 4. The molecule has 0 bridgehead atoms. The zero-order chi connectivity index (χ0) is 21.6. The molecule has 0 aromatic heterocycles. The molecule has 4 rings (SSSR count). The molecule has 0 spiro atoms. The van der Waals surface area contributed by atoms with Crippen LogP contribution in [-0.4, -0.2) is 31.1 Å². The van der Waals surface area contributed by atoms with Crippen LogP contribution in [0.5, 0.6) is 0 Å². The van der Waals surface area contributed by atoms with Gasteiger partial charge in [-0.2, -0.15) is 0 Å². The molecule has 0 unspecified atom stereocenters. The highest BCUT2D eigenvalue weighted by molar-refractivity contribution is 5.99. The third-order valence-corrected chi connectivity index (χ3v) is 5.22. The summed E-state index contributed by atoms with van der Waals surface area (Å²) in [7, 11) is 1.72. The molecule has 0 radical (unpaired) electrons. The van der Waals surface area contributed by atoms with Gasteiger partial charge in [-0.15, -0.1) is 0 Å². The van der Waals surface area contributed by atoms with Crippen molar-refractivity contribution < 1.29 is 9.59 Å². The van der Waals surface area contributed by atoms with E-state index >= 15 is 0 Å². The summed E-state index contributed by atoms with van der Waals surface area (Å²) in [5.41, 5.74) is 1.75. The largest absolute Gasteiger partial charge is 0.344 e. The average molecular weight is 412 g/mol. The van der Waals surface area contributed by atoms with Crippen LogP contribution in [-0.2, 0) is 16.0 Å². The van der Waals surface area contributed by atoms with E-state index in [-0.39, 0.29) is 18.2 Å². The predicted molar refractivity (Wildman–Crippen MR) is 119 cm³/mol. The second-order valence-electron chi connectivity index (χ2n) is 7.47. The van der Waals surface area contributed by atoms with Gasteiger partial charge in [0.2, 0.25) is 11.8 Å². The van der Waals surface area contributed by atoms with Crippen molar-refractivity contribution in [3.8, 4) is 0 Å². The Morgan fingerprint density at radius 3 is 2.03 bits per heavy atom. The Bertz CT molecular complexity index is 1140. The standard InChI is InChI=1S/C25H24N4O2/c1-29(19-12-6-3-7-13-19)25(31)22(16-18-10-4-2-5-11-18)28-24(30)17-23-26-20-14-8-9-15-21(20)27-23/h2-15,22-23H,16-17H2,1H3,(H,28,30)/t22-/m0/s1. The van der Waals surface area contributed by atoms with E-state index in [2.05, 4.69) is 15.3 Å². The Labute approximate surface area is 181 Å². The number of likely N-dealkylation sites (N-methyl/N-ethyl adjacent to an activating group) is 1. The first kappa shape index (κ1) is 20.5. The molecule has 156 valence electrons. The molecular formula is C25H24N4O2. The molecule has 6 heteroatoms. The van der Waals surface area contributed by atoms with Crippen molar-refractivity contribution in [2.45, 2.75) is 25.0 Å². The van der Waals surface area contributed by atoms with Gasteiger partial charge in [-0.25, -0.2) is 0 Å².